The average Bonchev–Trinajstić information content (AvgIpc) is 3.65. The summed E-state index contributed by atoms with van der Waals surface area (Å²) in [6.07, 6.45) is -0.681. The van der Waals surface area contributed by atoms with Gasteiger partial charge in [0.25, 0.3) is 5.91 Å². The van der Waals surface area contributed by atoms with Crippen molar-refractivity contribution in [1.29, 1.82) is 0 Å². The highest BCUT2D eigenvalue weighted by molar-refractivity contribution is 6.34. The topological polar surface area (TPSA) is 90.8 Å². The van der Waals surface area contributed by atoms with E-state index in [-0.39, 0.29) is 51.9 Å². The quantitative estimate of drug-likeness (QED) is 0.399. The number of amides is 1. The van der Waals surface area contributed by atoms with Gasteiger partial charge in [-0.1, -0.05) is 41.9 Å². The van der Waals surface area contributed by atoms with E-state index in [1.165, 1.54) is 19.2 Å². The second-order valence-electron chi connectivity index (χ2n) is 10.2. The molecular formula is C29H27ClF2N2O4. The van der Waals surface area contributed by atoms with E-state index >= 15 is 8.78 Å². The van der Waals surface area contributed by atoms with E-state index in [1.54, 1.807) is 0 Å². The predicted octanol–water partition coefficient (Wildman–Crippen LogP) is 4.18. The Hall–Kier alpha value is -3.04. The van der Waals surface area contributed by atoms with Crippen molar-refractivity contribution in [2.45, 2.75) is 49.5 Å². The third kappa shape index (κ3) is 3.66. The van der Waals surface area contributed by atoms with Crippen molar-refractivity contribution in [2.75, 3.05) is 13.6 Å². The van der Waals surface area contributed by atoms with Crippen molar-refractivity contribution in [3.05, 3.63) is 86.9 Å². The summed E-state index contributed by atoms with van der Waals surface area (Å²) in [5.41, 5.74) is 0.412. The van der Waals surface area contributed by atoms with Gasteiger partial charge in [-0.25, -0.2) is 8.78 Å². The Morgan fingerprint density at radius 1 is 1.18 bits per heavy atom. The van der Waals surface area contributed by atoms with E-state index in [4.69, 9.17) is 16.3 Å². The van der Waals surface area contributed by atoms with E-state index in [0.29, 0.717) is 11.1 Å². The van der Waals surface area contributed by atoms with Gasteiger partial charge in [0.15, 0.2) is 5.60 Å². The molecule has 0 radical (unpaired) electrons. The molecule has 3 aromatic carbocycles. The van der Waals surface area contributed by atoms with Crippen LogP contribution in [0.25, 0.3) is 11.1 Å². The van der Waals surface area contributed by atoms with Crippen LogP contribution in [0.15, 0.2) is 42.5 Å². The summed E-state index contributed by atoms with van der Waals surface area (Å²) in [6, 6.07) is 12.2. The Morgan fingerprint density at radius 3 is 2.63 bits per heavy atom. The first-order valence-electron chi connectivity index (χ1n) is 12.7. The fourth-order valence-electron chi connectivity index (χ4n) is 6.32. The minimum Gasteiger partial charge on any atom is -0.480 e. The number of rotatable bonds is 4. The van der Waals surface area contributed by atoms with Crippen LogP contribution in [0.1, 0.15) is 51.6 Å². The molecule has 3 aliphatic rings. The summed E-state index contributed by atoms with van der Waals surface area (Å²) in [4.78, 5) is 13.0. The average molecular weight is 541 g/mol. The Kier molecular flexibility index (Phi) is 6.18. The van der Waals surface area contributed by atoms with Crippen LogP contribution in [0.2, 0.25) is 5.02 Å². The zero-order valence-electron chi connectivity index (χ0n) is 20.7. The first kappa shape index (κ1) is 25.2. The lowest BCUT2D eigenvalue weighted by atomic mass is 9.80. The molecule has 2 heterocycles. The Bertz CT molecular complexity index is 1440. The van der Waals surface area contributed by atoms with Gasteiger partial charge in [-0.3, -0.25) is 4.79 Å². The summed E-state index contributed by atoms with van der Waals surface area (Å²) in [7, 11) is 1.41. The number of carbonyl (C=O) groups is 1. The lowest BCUT2D eigenvalue weighted by Crippen LogP contribution is -2.48. The van der Waals surface area contributed by atoms with Crippen molar-refractivity contribution in [3.8, 4) is 16.9 Å². The molecule has 0 unspecified atom stereocenters. The van der Waals surface area contributed by atoms with Gasteiger partial charge in [-0.2, -0.15) is 0 Å². The van der Waals surface area contributed by atoms with Crippen LogP contribution in [-0.2, 0) is 18.4 Å². The molecule has 38 heavy (non-hydrogen) atoms. The van der Waals surface area contributed by atoms with Crippen LogP contribution in [0.3, 0.4) is 0 Å². The number of benzene rings is 3. The maximum absolute atomic E-state index is 16.4. The molecule has 0 spiro atoms. The molecule has 4 atom stereocenters. The number of hydrogen-bond acceptors (Lipinski definition) is 5. The molecule has 6 rings (SSSR count). The number of carbonyl (C=O) groups excluding carboxylic acids is 1. The third-order valence-electron chi connectivity index (χ3n) is 8.10. The van der Waals surface area contributed by atoms with E-state index in [1.807, 2.05) is 30.3 Å². The number of halogens is 3. The van der Waals surface area contributed by atoms with E-state index in [2.05, 4.69) is 10.6 Å². The van der Waals surface area contributed by atoms with Gasteiger partial charge in [0.05, 0.1) is 22.7 Å². The molecule has 4 N–H and O–H groups in total. The summed E-state index contributed by atoms with van der Waals surface area (Å²) in [5.74, 6) is -2.09. The normalized spacial score (nSPS) is 25.7. The van der Waals surface area contributed by atoms with E-state index < -0.39 is 35.4 Å². The molecule has 198 valence electrons. The van der Waals surface area contributed by atoms with Crippen LogP contribution in [0.4, 0.5) is 8.78 Å². The molecule has 1 saturated heterocycles. The highest BCUT2D eigenvalue weighted by Gasteiger charge is 2.50. The highest BCUT2D eigenvalue weighted by Crippen LogP contribution is 2.53. The van der Waals surface area contributed by atoms with Crippen molar-refractivity contribution in [1.82, 2.24) is 10.6 Å². The second-order valence-corrected chi connectivity index (χ2v) is 10.6. The van der Waals surface area contributed by atoms with Crippen molar-refractivity contribution >= 4 is 17.5 Å². The van der Waals surface area contributed by atoms with Crippen LogP contribution < -0.4 is 15.4 Å². The van der Waals surface area contributed by atoms with Gasteiger partial charge in [0.2, 0.25) is 0 Å². The number of ether oxygens (including phenoxy) is 1. The van der Waals surface area contributed by atoms with Gasteiger partial charge in [0, 0.05) is 48.2 Å². The number of hydrogen-bond donors (Lipinski definition) is 4. The predicted molar refractivity (Wildman–Crippen MR) is 138 cm³/mol. The Morgan fingerprint density at radius 2 is 1.95 bits per heavy atom. The Balaban J connectivity index is 1.61. The van der Waals surface area contributed by atoms with Gasteiger partial charge in [-0.05, 0) is 36.6 Å². The van der Waals surface area contributed by atoms with Crippen LogP contribution in [0.5, 0.6) is 5.75 Å². The minimum atomic E-state index is -1.48. The third-order valence-corrected chi connectivity index (χ3v) is 8.47. The SMILES string of the molecule is CNC(=O)c1cc2c(c(F)c1-c1c(Cl)c(F)cc3c1C[C@](c1ccccc1)([C@@H]1CCCN1)O3)[C@@H](O)[C@H](O)C2. The monoisotopic (exact) mass is 540 g/mol. The number of fused-ring (bicyclic) bond motifs is 2. The maximum atomic E-state index is 16.4. The largest absolute Gasteiger partial charge is 0.480 e. The summed E-state index contributed by atoms with van der Waals surface area (Å²) < 4.78 is 38.3. The van der Waals surface area contributed by atoms with Crippen LogP contribution in [0, 0.1) is 11.6 Å². The molecule has 9 heteroatoms. The van der Waals surface area contributed by atoms with E-state index in [0.717, 1.165) is 24.9 Å². The zero-order valence-corrected chi connectivity index (χ0v) is 21.4. The first-order valence-corrected chi connectivity index (χ1v) is 13.1. The summed E-state index contributed by atoms with van der Waals surface area (Å²) >= 11 is 6.56. The molecule has 6 nitrogen and oxygen atoms in total. The standard InChI is InChI=1S/C29H27ClF2N2O4/c1-33-28(37)16-10-14-11-19(35)27(36)22(14)26(32)24(16)23-17-13-29(21-8-5-9-34-21,15-6-3-2-4-7-15)38-20(17)12-18(31)25(23)30/h2-4,6-7,10,12,19,21,27,34-36H,5,8-9,11,13H2,1H3,(H,33,37)/t19-,21+,27+,29+/m1/s1. The van der Waals surface area contributed by atoms with Gasteiger partial charge in [0.1, 0.15) is 23.5 Å². The highest BCUT2D eigenvalue weighted by atomic mass is 35.5. The molecule has 1 amide bonds. The van der Waals surface area contributed by atoms with E-state index in [9.17, 15) is 15.0 Å². The molecule has 1 aliphatic carbocycles. The molecular weight excluding hydrogens is 514 g/mol. The van der Waals surface area contributed by atoms with Crippen molar-refractivity contribution in [2.24, 2.45) is 0 Å². The molecule has 3 aromatic rings. The molecule has 2 aliphatic heterocycles. The fourth-order valence-corrected chi connectivity index (χ4v) is 6.58. The lowest BCUT2D eigenvalue weighted by molar-refractivity contribution is 0.0309. The van der Waals surface area contributed by atoms with Crippen LogP contribution in [-0.4, -0.2) is 41.9 Å². The zero-order chi connectivity index (χ0) is 26.8. The number of nitrogens with one attached hydrogen (secondary N) is 2. The Labute approximate surface area is 223 Å². The fraction of sp³-hybridized carbons (Fsp3) is 0.345. The summed E-state index contributed by atoms with van der Waals surface area (Å²) in [6.45, 7) is 0.807. The number of aliphatic hydroxyl groups excluding tert-OH is 2. The van der Waals surface area contributed by atoms with Crippen molar-refractivity contribution < 1.29 is 28.5 Å². The smallest absolute Gasteiger partial charge is 0.251 e. The molecule has 0 aromatic heterocycles. The van der Waals surface area contributed by atoms with Crippen molar-refractivity contribution in [3.63, 3.8) is 0 Å². The van der Waals surface area contributed by atoms with Gasteiger partial charge >= 0.3 is 0 Å². The first-order chi connectivity index (χ1) is 18.3. The van der Waals surface area contributed by atoms with Gasteiger partial charge < -0.3 is 25.6 Å². The maximum Gasteiger partial charge on any atom is 0.251 e. The molecule has 1 fully saturated rings. The lowest BCUT2D eigenvalue weighted by Gasteiger charge is -2.35. The second kappa shape index (κ2) is 9.31. The number of aliphatic hydroxyl groups is 2. The van der Waals surface area contributed by atoms with Crippen LogP contribution >= 0.6 is 11.6 Å². The molecule has 0 bridgehead atoms. The molecule has 0 saturated carbocycles. The minimum absolute atomic E-state index is 0.0136. The summed E-state index contributed by atoms with van der Waals surface area (Å²) in [5, 5.41) is 26.5. The van der Waals surface area contributed by atoms with Gasteiger partial charge in [-0.15, -0.1) is 0 Å².